The zero-order valence-electron chi connectivity index (χ0n) is 24.6. The van der Waals surface area contributed by atoms with Gasteiger partial charge in [0.15, 0.2) is 17.5 Å². The van der Waals surface area contributed by atoms with Crippen LogP contribution in [0.3, 0.4) is 0 Å². The van der Waals surface area contributed by atoms with Crippen LogP contribution < -0.4 is 0 Å². The van der Waals surface area contributed by atoms with Gasteiger partial charge in [-0.15, -0.1) is 0 Å². The molecule has 5 aromatic carbocycles. The number of aromatic nitrogens is 5. The van der Waals surface area contributed by atoms with Gasteiger partial charge in [-0.2, -0.15) is 0 Å². The number of benzene rings is 5. The molecule has 0 saturated carbocycles. The van der Waals surface area contributed by atoms with Crippen LogP contribution in [0.4, 0.5) is 0 Å². The molecule has 0 bridgehead atoms. The Kier molecular flexibility index (Phi) is 6.03. The molecule has 216 valence electrons. The van der Waals surface area contributed by atoms with Crippen molar-refractivity contribution in [3.63, 3.8) is 0 Å². The number of pyridine rings is 1. The highest BCUT2D eigenvalue weighted by molar-refractivity contribution is 6.06. The Morgan fingerprint density at radius 1 is 0.413 bits per heavy atom. The van der Waals surface area contributed by atoms with Crippen molar-refractivity contribution in [1.82, 2.24) is 24.3 Å². The molecule has 0 N–H and O–H groups in total. The molecule has 6 nitrogen and oxygen atoms in total. The Morgan fingerprint density at radius 2 is 1.02 bits per heavy atom. The van der Waals surface area contributed by atoms with Gasteiger partial charge >= 0.3 is 0 Å². The van der Waals surface area contributed by atoms with Crippen molar-refractivity contribution in [2.75, 3.05) is 0 Å². The first-order chi connectivity index (χ1) is 22.8. The van der Waals surface area contributed by atoms with E-state index in [1.165, 1.54) is 0 Å². The molecule has 9 rings (SSSR count). The van der Waals surface area contributed by atoms with Crippen molar-refractivity contribution in [2.24, 2.45) is 0 Å². The smallest absolute Gasteiger partial charge is 0.164 e. The molecule has 4 aromatic heterocycles. The highest BCUT2D eigenvalue weighted by Gasteiger charge is 2.19. The van der Waals surface area contributed by atoms with Crippen molar-refractivity contribution in [2.45, 2.75) is 0 Å². The van der Waals surface area contributed by atoms with E-state index in [2.05, 4.69) is 40.9 Å². The fourth-order valence-electron chi connectivity index (χ4n) is 6.09. The molecule has 0 aliphatic rings. The third-order valence-electron chi connectivity index (χ3n) is 8.27. The fraction of sp³-hybridized carbons (Fsp3) is 0. The van der Waals surface area contributed by atoms with Crippen molar-refractivity contribution < 1.29 is 4.42 Å². The van der Waals surface area contributed by atoms with Gasteiger partial charge in [0.05, 0.1) is 11.4 Å². The topological polar surface area (TPSA) is 69.1 Å². The average Bonchev–Trinajstić information content (AvgIpc) is 3.71. The summed E-state index contributed by atoms with van der Waals surface area (Å²) >= 11 is 0. The molecule has 6 heteroatoms. The van der Waals surface area contributed by atoms with Crippen LogP contribution in [-0.4, -0.2) is 24.3 Å². The second kappa shape index (κ2) is 10.6. The summed E-state index contributed by atoms with van der Waals surface area (Å²) < 4.78 is 8.28. The number of hydrogen-bond donors (Lipinski definition) is 0. The van der Waals surface area contributed by atoms with E-state index in [9.17, 15) is 0 Å². The third-order valence-corrected chi connectivity index (χ3v) is 8.27. The second-order valence-corrected chi connectivity index (χ2v) is 11.2. The summed E-state index contributed by atoms with van der Waals surface area (Å²) in [5, 5.41) is 2.17. The lowest BCUT2D eigenvalue weighted by atomic mass is 10.0. The number of para-hydroxylation sites is 1. The zero-order valence-corrected chi connectivity index (χ0v) is 24.6. The highest BCUT2D eigenvalue weighted by Crippen LogP contribution is 2.38. The first-order valence-corrected chi connectivity index (χ1v) is 15.1. The summed E-state index contributed by atoms with van der Waals surface area (Å²) in [5.41, 5.74) is 9.26. The van der Waals surface area contributed by atoms with Crippen molar-refractivity contribution in [3.05, 3.63) is 152 Å². The maximum absolute atomic E-state index is 6.13. The maximum atomic E-state index is 6.13. The van der Waals surface area contributed by atoms with E-state index in [1.54, 1.807) is 0 Å². The van der Waals surface area contributed by atoms with E-state index in [-0.39, 0.29) is 0 Å². The Labute approximate surface area is 264 Å². The number of hydrogen-bond acceptors (Lipinski definition) is 5. The minimum atomic E-state index is 0.603. The van der Waals surface area contributed by atoms with Gasteiger partial charge in [0.1, 0.15) is 16.8 Å². The number of imidazole rings is 1. The van der Waals surface area contributed by atoms with Crippen LogP contribution in [0.1, 0.15) is 0 Å². The van der Waals surface area contributed by atoms with Gasteiger partial charge in [0.2, 0.25) is 0 Å². The predicted octanol–water partition coefficient (Wildman–Crippen LogP) is 9.75. The van der Waals surface area contributed by atoms with Gasteiger partial charge in [-0.1, -0.05) is 103 Å². The van der Waals surface area contributed by atoms with Crippen LogP contribution in [-0.2, 0) is 0 Å². The van der Waals surface area contributed by atoms with Gasteiger partial charge < -0.3 is 4.42 Å². The van der Waals surface area contributed by atoms with Crippen LogP contribution in [0, 0.1) is 0 Å². The number of rotatable bonds is 5. The van der Waals surface area contributed by atoms with Gasteiger partial charge in [0.25, 0.3) is 0 Å². The summed E-state index contributed by atoms with van der Waals surface area (Å²) in [6, 6.07) is 49.0. The lowest BCUT2D eigenvalue weighted by molar-refractivity contribution is 0.669. The molecule has 0 aliphatic carbocycles. The molecule has 9 aromatic rings. The van der Waals surface area contributed by atoms with Crippen LogP contribution >= 0.6 is 0 Å². The summed E-state index contributed by atoms with van der Waals surface area (Å²) in [6.45, 7) is 0. The molecule has 0 unspecified atom stereocenters. The molecule has 0 amide bonds. The normalized spacial score (nSPS) is 11.5. The zero-order chi connectivity index (χ0) is 30.5. The maximum Gasteiger partial charge on any atom is 0.164 e. The van der Waals surface area contributed by atoms with Crippen LogP contribution in [0.2, 0.25) is 0 Å². The molecular formula is C40H25N5O. The summed E-state index contributed by atoms with van der Waals surface area (Å²) in [6.07, 6.45) is 2.06. The first-order valence-electron chi connectivity index (χ1n) is 15.1. The van der Waals surface area contributed by atoms with E-state index in [0.29, 0.717) is 17.5 Å². The quantitative estimate of drug-likeness (QED) is 0.199. The molecule has 0 fully saturated rings. The van der Waals surface area contributed by atoms with Crippen molar-refractivity contribution in [1.29, 1.82) is 0 Å². The summed E-state index contributed by atoms with van der Waals surface area (Å²) in [7, 11) is 0. The minimum Gasteiger partial charge on any atom is -0.456 e. The molecule has 0 atom stereocenters. The van der Waals surface area contributed by atoms with Crippen LogP contribution in [0.15, 0.2) is 156 Å². The molecule has 0 aliphatic heterocycles. The Balaban J connectivity index is 1.22. The van der Waals surface area contributed by atoms with E-state index >= 15 is 0 Å². The standard InChI is InChI=1S/C40H25N5O/c1-3-12-26(13-4-1)38-42-39(27-14-5-2-6-15-27)44-40(43-38)30-17-11-16-28(24-30)36-37(45-23-10-9-20-35(45)41-36)29-21-22-34-32(25-29)31-18-7-8-19-33(31)46-34/h1-25H. The first kappa shape index (κ1) is 26.0. The van der Waals surface area contributed by atoms with E-state index < -0.39 is 0 Å². The lowest BCUT2D eigenvalue weighted by Crippen LogP contribution is -2.00. The Morgan fingerprint density at radius 3 is 1.78 bits per heavy atom. The van der Waals surface area contributed by atoms with E-state index in [1.807, 2.05) is 115 Å². The Bertz CT molecular complexity index is 2480. The fourth-order valence-corrected chi connectivity index (χ4v) is 6.09. The Hall–Kier alpha value is -6.40. The summed E-state index contributed by atoms with van der Waals surface area (Å²) in [5.74, 6) is 1.86. The monoisotopic (exact) mass is 591 g/mol. The number of fused-ring (bicyclic) bond motifs is 4. The van der Waals surface area contributed by atoms with Gasteiger partial charge in [-0.05, 0) is 42.5 Å². The second-order valence-electron chi connectivity index (χ2n) is 11.2. The highest BCUT2D eigenvalue weighted by atomic mass is 16.3. The average molecular weight is 592 g/mol. The van der Waals surface area contributed by atoms with Gasteiger partial charge in [-0.3, -0.25) is 4.40 Å². The van der Waals surface area contributed by atoms with E-state index in [4.69, 9.17) is 24.4 Å². The van der Waals surface area contributed by atoms with Crippen molar-refractivity contribution in [3.8, 4) is 56.7 Å². The molecule has 0 saturated heterocycles. The molecule has 4 heterocycles. The third kappa shape index (κ3) is 4.43. The van der Waals surface area contributed by atoms with E-state index in [0.717, 1.165) is 66.8 Å². The lowest BCUT2D eigenvalue weighted by Gasteiger charge is -2.10. The van der Waals surface area contributed by atoms with Crippen LogP contribution in [0.5, 0.6) is 0 Å². The van der Waals surface area contributed by atoms with Crippen LogP contribution in [0.25, 0.3) is 84.3 Å². The molecule has 46 heavy (non-hydrogen) atoms. The molecule has 0 spiro atoms. The predicted molar refractivity (Wildman–Crippen MR) is 183 cm³/mol. The van der Waals surface area contributed by atoms with Crippen molar-refractivity contribution >= 4 is 27.6 Å². The largest absolute Gasteiger partial charge is 0.456 e. The summed E-state index contributed by atoms with van der Waals surface area (Å²) in [4.78, 5) is 19.9. The SMILES string of the molecule is c1ccc(-c2nc(-c3ccccc3)nc(-c3cccc(-c4nc5ccccn5c4-c4ccc5oc6ccccc6c5c4)c3)n2)cc1. The van der Waals surface area contributed by atoms with Gasteiger partial charge in [0, 0.05) is 44.8 Å². The molecule has 0 radical (unpaired) electrons. The van der Waals surface area contributed by atoms with Gasteiger partial charge in [-0.25, -0.2) is 19.9 Å². The number of nitrogens with zero attached hydrogens (tertiary/aromatic N) is 5. The molecular weight excluding hydrogens is 566 g/mol. The minimum absolute atomic E-state index is 0.603. The number of furan rings is 1.